The summed E-state index contributed by atoms with van der Waals surface area (Å²) in [6.45, 7) is 10.8. The Balaban J connectivity index is 1.76. The molecule has 3 aliphatic rings. The smallest absolute Gasteiger partial charge is 0.308 e. The molecule has 0 radical (unpaired) electrons. The molecule has 3 saturated heterocycles. The lowest BCUT2D eigenvalue weighted by molar-refractivity contribution is -0.149. The minimum atomic E-state index is -0.937. The van der Waals surface area contributed by atoms with Crippen molar-refractivity contribution in [3.63, 3.8) is 0 Å². The van der Waals surface area contributed by atoms with Gasteiger partial charge in [0.2, 0.25) is 5.91 Å². The standard InChI is InChI=1S/C28H38N2O5S/c1-5-12-29(20-15-17(2)10-11-18(20)3)26(33)24-28-19(4)16-21(36-28)22(27(34)35)23(28)25(32)30(24)13-8-6-7-9-14-31/h5,10-11,15,19,21-24,31H,1,6-9,12-14,16H2,2-4H3,(H,34,35)/t19?,21-,22+,23+,24?,28?/m1/s1. The van der Waals surface area contributed by atoms with Crippen molar-refractivity contribution in [3.8, 4) is 0 Å². The van der Waals surface area contributed by atoms with E-state index in [1.54, 1.807) is 27.6 Å². The Labute approximate surface area is 217 Å². The maximum atomic E-state index is 14.5. The molecule has 0 aliphatic carbocycles. The van der Waals surface area contributed by atoms with Gasteiger partial charge < -0.3 is 20.0 Å². The van der Waals surface area contributed by atoms with Gasteiger partial charge in [0.25, 0.3) is 5.91 Å². The van der Waals surface area contributed by atoms with Crippen molar-refractivity contribution >= 4 is 35.2 Å². The van der Waals surface area contributed by atoms with Crippen LogP contribution in [0.3, 0.4) is 0 Å². The van der Waals surface area contributed by atoms with Crippen LogP contribution in [0.2, 0.25) is 0 Å². The molecule has 2 amide bonds. The van der Waals surface area contributed by atoms with E-state index in [0.717, 1.165) is 29.7 Å². The summed E-state index contributed by atoms with van der Waals surface area (Å²) in [6.07, 6.45) is 5.51. The molecule has 0 aromatic heterocycles. The third-order valence-corrected chi connectivity index (χ3v) is 10.4. The van der Waals surface area contributed by atoms with Gasteiger partial charge in [0, 0.05) is 30.6 Å². The summed E-state index contributed by atoms with van der Waals surface area (Å²) in [7, 11) is 0. The predicted molar refractivity (Wildman–Crippen MR) is 142 cm³/mol. The SMILES string of the molecule is C=CCN(C(=O)C1N(CCCCCCO)C(=O)[C@@H]2[C@@H](C(=O)O)[C@H]3CC(C)C12S3)c1cc(C)ccc1C. The number of carbonyl (C=O) groups excluding carboxylic acids is 2. The van der Waals surface area contributed by atoms with Crippen LogP contribution >= 0.6 is 11.8 Å². The second-order valence-electron chi connectivity index (χ2n) is 10.6. The molecule has 36 heavy (non-hydrogen) atoms. The number of aryl methyl sites for hydroxylation is 2. The topological polar surface area (TPSA) is 98.2 Å². The van der Waals surface area contributed by atoms with E-state index in [1.807, 2.05) is 32.0 Å². The molecule has 1 spiro atoms. The summed E-state index contributed by atoms with van der Waals surface area (Å²) in [4.78, 5) is 44.2. The highest BCUT2D eigenvalue weighted by molar-refractivity contribution is 8.02. The predicted octanol–water partition coefficient (Wildman–Crippen LogP) is 3.80. The summed E-state index contributed by atoms with van der Waals surface area (Å²) in [6, 6.07) is 5.27. The zero-order chi connectivity index (χ0) is 26.2. The number of nitrogens with zero attached hydrogens (tertiary/aromatic N) is 2. The van der Waals surface area contributed by atoms with Gasteiger partial charge in [-0.25, -0.2) is 0 Å². The maximum Gasteiger partial charge on any atom is 0.308 e. The van der Waals surface area contributed by atoms with Crippen molar-refractivity contribution in [1.29, 1.82) is 0 Å². The van der Waals surface area contributed by atoms with Crippen LogP contribution in [0.4, 0.5) is 5.69 Å². The summed E-state index contributed by atoms with van der Waals surface area (Å²) in [5.74, 6) is -2.68. The molecule has 3 fully saturated rings. The molecule has 1 aromatic carbocycles. The first-order chi connectivity index (χ1) is 17.2. The van der Waals surface area contributed by atoms with Crippen molar-refractivity contribution in [2.24, 2.45) is 17.8 Å². The van der Waals surface area contributed by atoms with E-state index in [0.29, 0.717) is 32.4 Å². The van der Waals surface area contributed by atoms with Gasteiger partial charge in [-0.3, -0.25) is 14.4 Å². The molecule has 3 heterocycles. The second kappa shape index (κ2) is 10.6. The number of unbranched alkanes of at least 4 members (excludes halogenated alkanes) is 3. The third kappa shape index (κ3) is 4.26. The first-order valence-electron chi connectivity index (χ1n) is 13.0. The quantitative estimate of drug-likeness (QED) is 0.344. The normalized spacial score (nSPS) is 30.5. The second-order valence-corrected chi connectivity index (χ2v) is 12.1. The van der Waals surface area contributed by atoms with Gasteiger partial charge in [-0.1, -0.05) is 38.0 Å². The summed E-state index contributed by atoms with van der Waals surface area (Å²) in [5.41, 5.74) is 2.80. The zero-order valence-corrected chi connectivity index (χ0v) is 22.3. The molecule has 1 aromatic rings. The van der Waals surface area contributed by atoms with E-state index >= 15 is 0 Å². The largest absolute Gasteiger partial charge is 0.481 e. The van der Waals surface area contributed by atoms with Gasteiger partial charge in [0.1, 0.15) is 6.04 Å². The molecule has 7 nitrogen and oxygen atoms in total. The number of hydrogen-bond acceptors (Lipinski definition) is 5. The number of rotatable bonds is 11. The number of fused-ring (bicyclic) bond motifs is 1. The number of carbonyl (C=O) groups is 3. The van der Waals surface area contributed by atoms with Crippen LogP contribution in [0.5, 0.6) is 0 Å². The Morgan fingerprint density at radius 1 is 1.25 bits per heavy atom. The van der Waals surface area contributed by atoms with Crippen LogP contribution < -0.4 is 4.90 Å². The number of aliphatic hydroxyl groups excluding tert-OH is 1. The van der Waals surface area contributed by atoms with Crippen molar-refractivity contribution in [2.75, 3.05) is 24.6 Å². The highest BCUT2D eigenvalue weighted by Crippen LogP contribution is 2.68. The van der Waals surface area contributed by atoms with Gasteiger partial charge in [-0.2, -0.15) is 0 Å². The minimum absolute atomic E-state index is 0.0505. The minimum Gasteiger partial charge on any atom is -0.481 e. The van der Waals surface area contributed by atoms with Crippen molar-refractivity contribution < 1.29 is 24.6 Å². The molecule has 4 rings (SSSR count). The number of benzene rings is 1. The first-order valence-corrected chi connectivity index (χ1v) is 13.9. The van der Waals surface area contributed by atoms with Crippen LogP contribution in [-0.4, -0.2) is 68.6 Å². The average molecular weight is 515 g/mol. The molecular weight excluding hydrogens is 476 g/mol. The van der Waals surface area contributed by atoms with Crippen LogP contribution in [0, 0.1) is 31.6 Å². The van der Waals surface area contributed by atoms with Crippen LogP contribution in [0.15, 0.2) is 30.9 Å². The third-order valence-electron chi connectivity index (χ3n) is 8.30. The van der Waals surface area contributed by atoms with E-state index in [2.05, 4.69) is 13.5 Å². The van der Waals surface area contributed by atoms with Crippen LogP contribution in [0.25, 0.3) is 0 Å². The molecule has 8 heteroatoms. The Bertz CT molecular complexity index is 1040. The number of aliphatic carboxylic acids is 1. The molecule has 0 saturated carbocycles. The lowest BCUT2D eigenvalue weighted by atomic mass is 9.66. The van der Waals surface area contributed by atoms with Gasteiger partial charge in [-0.15, -0.1) is 18.3 Å². The Kier molecular flexibility index (Phi) is 7.86. The summed E-state index contributed by atoms with van der Waals surface area (Å²) < 4.78 is -0.746. The molecule has 6 atom stereocenters. The number of anilines is 1. The molecule has 2 N–H and O–H groups in total. The summed E-state index contributed by atoms with van der Waals surface area (Å²) in [5, 5.41) is 19.0. The van der Waals surface area contributed by atoms with Gasteiger partial charge in [0.05, 0.1) is 16.6 Å². The Hall–Kier alpha value is -2.32. The molecule has 3 aliphatic heterocycles. The van der Waals surface area contributed by atoms with Gasteiger partial charge in [-0.05, 0) is 56.2 Å². The molecule has 2 bridgehead atoms. The number of carboxylic acid groups (broad SMARTS) is 1. The number of thioether (sulfide) groups is 1. The molecular formula is C28H38N2O5S. The van der Waals surface area contributed by atoms with E-state index in [4.69, 9.17) is 5.11 Å². The van der Waals surface area contributed by atoms with Crippen molar-refractivity contribution in [3.05, 3.63) is 42.0 Å². The fraction of sp³-hybridized carbons (Fsp3) is 0.607. The van der Waals surface area contributed by atoms with Gasteiger partial charge in [0.15, 0.2) is 0 Å². The monoisotopic (exact) mass is 514 g/mol. The highest BCUT2D eigenvalue weighted by Gasteiger charge is 2.76. The highest BCUT2D eigenvalue weighted by atomic mass is 32.2. The maximum absolute atomic E-state index is 14.5. The fourth-order valence-electron chi connectivity index (χ4n) is 6.66. The van der Waals surface area contributed by atoms with E-state index in [1.165, 1.54) is 0 Å². The van der Waals surface area contributed by atoms with Crippen LogP contribution in [0.1, 0.15) is 50.2 Å². The number of amides is 2. The lowest BCUT2D eigenvalue weighted by Crippen LogP contribution is -2.57. The van der Waals surface area contributed by atoms with Gasteiger partial charge >= 0.3 is 5.97 Å². The van der Waals surface area contributed by atoms with E-state index in [9.17, 15) is 19.5 Å². The lowest BCUT2D eigenvalue weighted by Gasteiger charge is -2.40. The number of hydrogen-bond donors (Lipinski definition) is 2. The number of carboxylic acids is 1. The van der Waals surface area contributed by atoms with Crippen molar-refractivity contribution in [2.45, 2.75) is 68.9 Å². The zero-order valence-electron chi connectivity index (χ0n) is 21.5. The number of likely N-dealkylation sites (tertiary alicyclic amines) is 1. The Morgan fingerprint density at radius 2 is 1.97 bits per heavy atom. The van der Waals surface area contributed by atoms with E-state index < -0.39 is 28.6 Å². The average Bonchev–Trinajstić information content (AvgIpc) is 3.42. The first kappa shape index (κ1) is 26.7. The number of aliphatic hydroxyl groups is 1. The summed E-state index contributed by atoms with van der Waals surface area (Å²) >= 11 is 1.57. The molecule has 196 valence electrons. The molecule has 3 unspecified atom stereocenters. The Morgan fingerprint density at radius 3 is 2.64 bits per heavy atom. The van der Waals surface area contributed by atoms with Crippen LogP contribution in [-0.2, 0) is 14.4 Å². The van der Waals surface area contributed by atoms with Crippen molar-refractivity contribution in [1.82, 2.24) is 4.90 Å². The fourth-order valence-corrected chi connectivity index (χ4v) is 9.07. The van der Waals surface area contributed by atoms with E-state index in [-0.39, 0.29) is 29.6 Å².